The molecule has 5 heteroatoms. The standard InChI is InChI=1S/C16H18N4O/c1-2-5-15-19-13-10-18-12-7-4-3-6-11(12)16(13)20(15)9-8-14(17)21/h3-4,6-7,10H,2,5,8-9H2,1H3,(H2,17,21). The van der Waals surface area contributed by atoms with Crippen LogP contribution in [0.1, 0.15) is 25.6 Å². The Labute approximate surface area is 122 Å². The van der Waals surface area contributed by atoms with E-state index in [9.17, 15) is 4.79 Å². The summed E-state index contributed by atoms with van der Waals surface area (Å²) in [5.41, 5.74) is 8.17. The first-order chi connectivity index (χ1) is 10.2. The first-order valence-corrected chi connectivity index (χ1v) is 7.22. The van der Waals surface area contributed by atoms with Crippen LogP contribution in [0, 0.1) is 0 Å². The molecule has 0 unspecified atom stereocenters. The molecule has 0 atom stereocenters. The van der Waals surface area contributed by atoms with E-state index in [2.05, 4.69) is 21.5 Å². The number of fused-ring (bicyclic) bond motifs is 3. The number of amides is 1. The molecule has 21 heavy (non-hydrogen) atoms. The number of rotatable bonds is 5. The summed E-state index contributed by atoms with van der Waals surface area (Å²) < 4.78 is 2.12. The molecule has 3 rings (SSSR count). The number of para-hydroxylation sites is 1. The third-order valence-corrected chi connectivity index (χ3v) is 3.61. The van der Waals surface area contributed by atoms with Crippen molar-refractivity contribution >= 4 is 27.8 Å². The number of carbonyl (C=O) groups is 1. The van der Waals surface area contributed by atoms with Gasteiger partial charge in [-0.3, -0.25) is 9.78 Å². The molecule has 5 nitrogen and oxygen atoms in total. The molecule has 2 heterocycles. The lowest BCUT2D eigenvalue weighted by Gasteiger charge is -2.08. The van der Waals surface area contributed by atoms with Gasteiger partial charge in [-0.25, -0.2) is 4.98 Å². The minimum Gasteiger partial charge on any atom is -0.370 e. The molecule has 0 saturated carbocycles. The summed E-state index contributed by atoms with van der Waals surface area (Å²) in [4.78, 5) is 20.3. The second kappa shape index (κ2) is 5.52. The molecule has 2 N–H and O–H groups in total. The highest BCUT2D eigenvalue weighted by atomic mass is 16.1. The van der Waals surface area contributed by atoms with Gasteiger partial charge in [-0.15, -0.1) is 0 Å². The summed E-state index contributed by atoms with van der Waals surface area (Å²) in [5.74, 6) is 0.699. The van der Waals surface area contributed by atoms with Crippen LogP contribution < -0.4 is 5.73 Å². The maximum absolute atomic E-state index is 11.1. The van der Waals surface area contributed by atoms with Gasteiger partial charge in [0.15, 0.2) is 0 Å². The highest BCUT2D eigenvalue weighted by Crippen LogP contribution is 2.25. The van der Waals surface area contributed by atoms with Crippen LogP contribution in [-0.4, -0.2) is 20.4 Å². The number of nitrogens with two attached hydrogens (primary N) is 1. The van der Waals surface area contributed by atoms with Gasteiger partial charge in [0, 0.05) is 24.8 Å². The molecular weight excluding hydrogens is 264 g/mol. The van der Waals surface area contributed by atoms with Crippen molar-refractivity contribution < 1.29 is 4.79 Å². The molecule has 1 aromatic carbocycles. The molecule has 0 aliphatic heterocycles. The largest absolute Gasteiger partial charge is 0.370 e. The number of hydrogen-bond donors (Lipinski definition) is 1. The van der Waals surface area contributed by atoms with Gasteiger partial charge >= 0.3 is 0 Å². The number of carbonyl (C=O) groups excluding carboxylic acids is 1. The van der Waals surface area contributed by atoms with E-state index in [1.54, 1.807) is 6.20 Å². The van der Waals surface area contributed by atoms with E-state index in [0.29, 0.717) is 13.0 Å². The zero-order valence-corrected chi connectivity index (χ0v) is 12.0. The first-order valence-electron chi connectivity index (χ1n) is 7.22. The third kappa shape index (κ3) is 2.46. The summed E-state index contributed by atoms with van der Waals surface area (Å²) >= 11 is 0. The van der Waals surface area contributed by atoms with Crippen LogP contribution in [0.15, 0.2) is 30.5 Å². The van der Waals surface area contributed by atoms with Crippen LogP contribution in [0.25, 0.3) is 21.9 Å². The molecular formula is C16H18N4O. The van der Waals surface area contributed by atoms with Crippen molar-refractivity contribution in [1.29, 1.82) is 0 Å². The lowest BCUT2D eigenvalue weighted by molar-refractivity contribution is -0.118. The lowest BCUT2D eigenvalue weighted by Crippen LogP contribution is -2.15. The molecule has 2 aromatic heterocycles. The molecule has 0 aliphatic rings. The van der Waals surface area contributed by atoms with Crippen molar-refractivity contribution in [1.82, 2.24) is 14.5 Å². The molecule has 0 radical (unpaired) electrons. The minimum atomic E-state index is -0.294. The normalized spacial score (nSPS) is 11.3. The Morgan fingerprint density at radius 3 is 2.86 bits per heavy atom. The van der Waals surface area contributed by atoms with Crippen molar-refractivity contribution in [3.8, 4) is 0 Å². The molecule has 3 aromatic rings. The van der Waals surface area contributed by atoms with E-state index in [4.69, 9.17) is 5.73 Å². The molecule has 108 valence electrons. The molecule has 0 bridgehead atoms. The van der Waals surface area contributed by atoms with Crippen molar-refractivity contribution in [3.63, 3.8) is 0 Å². The van der Waals surface area contributed by atoms with Gasteiger partial charge < -0.3 is 10.3 Å². The zero-order valence-electron chi connectivity index (χ0n) is 12.0. The van der Waals surface area contributed by atoms with E-state index >= 15 is 0 Å². The van der Waals surface area contributed by atoms with Gasteiger partial charge in [0.25, 0.3) is 0 Å². The van der Waals surface area contributed by atoms with Gasteiger partial charge in [-0.05, 0) is 12.5 Å². The minimum absolute atomic E-state index is 0.294. The van der Waals surface area contributed by atoms with E-state index in [1.807, 2.05) is 24.3 Å². The number of nitrogens with zero attached hydrogens (tertiary/aromatic N) is 3. The quantitative estimate of drug-likeness (QED) is 0.781. The summed E-state index contributed by atoms with van der Waals surface area (Å²) in [6.07, 6.45) is 4.00. The van der Waals surface area contributed by atoms with Crippen molar-refractivity contribution in [3.05, 3.63) is 36.3 Å². The fourth-order valence-corrected chi connectivity index (χ4v) is 2.69. The van der Waals surface area contributed by atoms with Gasteiger partial charge in [-0.2, -0.15) is 0 Å². The van der Waals surface area contributed by atoms with E-state index in [1.165, 1.54) is 0 Å². The van der Waals surface area contributed by atoms with Crippen molar-refractivity contribution in [2.45, 2.75) is 32.7 Å². The Kier molecular flexibility index (Phi) is 3.56. The van der Waals surface area contributed by atoms with Gasteiger partial charge in [-0.1, -0.05) is 25.1 Å². The first kappa shape index (κ1) is 13.5. The maximum Gasteiger partial charge on any atom is 0.219 e. The third-order valence-electron chi connectivity index (χ3n) is 3.61. The molecule has 1 amide bonds. The lowest BCUT2D eigenvalue weighted by atomic mass is 10.2. The number of primary amides is 1. The van der Waals surface area contributed by atoms with Crippen LogP contribution in [0.5, 0.6) is 0 Å². The summed E-state index contributed by atoms with van der Waals surface area (Å²) in [6.45, 7) is 2.68. The average molecular weight is 282 g/mol. The van der Waals surface area contributed by atoms with Crippen LogP contribution >= 0.6 is 0 Å². The smallest absolute Gasteiger partial charge is 0.219 e. The second-order valence-electron chi connectivity index (χ2n) is 5.16. The van der Waals surface area contributed by atoms with E-state index < -0.39 is 0 Å². The Balaban J connectivity index is 2.24. The zero-order chi connectivity index (χ0) is 14.8. The fraction of sp³-hybridized carbons (Fsp3) is 0.312. The predicted molar refractivity (Wildman–Crippen MR) is 82.8 cm³/mol. The number of imidazole rings is 1. The molecule has 0 saturated heterocycles. The summed E-state index contributed by atoms with van der Waals surface area (Å²) in [6, 6.07) is 8.00. The topological polar surface area (TPSA) is 73.8 Å². The Morgan fingerprint density at radius 1 is 1.29 bits per heavy atom. The second-order valence-corrected chi connectivity index (χ2v) is 5.16. The number of pyridine rings is 1. The highest BCUT2D eigenvalue weighted by molar-refractivity contribution is 6.02. The molecule has 0 fully saturated rings. The Morgan fingerprint density at radius 2 is 2.10 bits per heavy atom. The van der Waals surface area contributed by atoms with E-state index in [0.717, 1.165) is 40.6 Å². The van der Waals surface area contributed by atoms with Crippen molar-refractivity contribution in [2.24, 2.45) is 5.73 Å². The molecule has 0 spiro atoms. The Bertz CT molecular complexity index is 806. The monoisotopic (exact) mass is 282 g/mol. The summed E-state index contributed by atoms with van der Waals surface area (Å²) in [7, 11) is 0. The Hall–Kier alpha value is -2.43. The van der Waals surface area contributed by atoms with E-state index in [-0.39, 0.29) is 5.91 Å². The van der Waals surface area contributed by atoms with Crippen LogP contribution in [0.4, 0.5) is 0 Å². The predicted octanol–water partition coefficient (Wildman–Crippen LogP) is 2.41. The average Bonchev–Trinajstić information content (AvgIpc) is 2.83. The van der Waals surface area contributed by atoms with Crippen molar-refractivity contribution in [2.75, 3.05) is 0 Å². The van der Waals surface area contributed by atoms with Gasteiger partial charge in [0.05, 0.1) is 17.2 Å². The maximum atomic E-state index is 11.1. The number of hydrogen-bond acceptors (Lipinski definition) is 3. The number of aryl methyl sites for hydroxylation is 2. The van der Waals surface area contributed by atoms with Crippen LogP contribution in [0.3, 0.4) is 0 Å². The fourth-order valence-electron chi connectivity index (χ4n) is 2.69. The highest BCUT2D eigenvalue weighted by Gasteiger charge is 2.14. The SMILES string of the molecule is CCCc1nc2cnc3ccccc3c2n1CCC(N)=O. The summed E-state index contributed by atoms with van der Waals surface area (Å²) in [5, 5.41) is 1.06. The number of benzene rings is 1. The molecule has 0 aliphatic carbocycles. The van der Waals surface area contributed by atoms with Gasteiger partial charge in [0.2, 0.25) is 5.91 Å². The van der Waals surface area contributed by atoms with Crippen LogP contribution in [0.2, 0.25) is 0 Å². The number of aromatic nitrogens is 3. The van der Waals surface area contributed by atoms with Gasteiger partial charge in [0.1, 0.15) is 11.3 Å². The van der Waals surface area contributed by atoms with Crippen LogP contribution in [-0.2, 0) is 17.8 Å².